The highest BCUT2D eigenvalue weighted by Crippen LogP contribution is 2.15. The van der Waals surface area contributed by atoms with Gasteiger partial charge >= 0.3 is 0 Å². The van der Waals surface area contributed by atoms with E-state index in [-0.39, 0.29) is 5.75 Å². The van der Waals surface area contributed by atoms with Crippen molar-refractivity contribution in [3.8, 4) is 6.07 Å². The Bertz CT molecular complexity index is 749. The quantitative estimate of drug-likeness (QED) is 0.852. The van der Waals surface area contributed by atoms with E-state index in [1.807, 2.05) is 36.4 Å². The molecule has 0 atom stereocenters. The molecule has 0 unspecified atom stereocenters. The average molecular weight is 300 g/mol. The van der Waals surface area contributed by atoms with Crippen LogP contribution in [-0.4, -0.2) is 19.8 Å². The largest absolute Gasteiger partial charge is 0.218 e. The van der Waals surface area contributed by atoms with Crippen LogP contribution in [0.25, 0.3) is 0 Å². The summed E-state index contributed by atoms with van der Waals surface area (Å²) in [6.45, 7) is 0.317. The van der Waals surface area contributed by atoms with Crippen LogP contribution >= 0.6 is 0 Å². The monoisotopic (exact) mass is 300 g/mol. The van der Waals surface area contributed by atoms with Crippen LogP contribution in [0.5, 0.6) is 0 Å². The fourth-order valence-electron chi connectivity index (χ4n) is 2.00. The van der Waals surface area contributed by atoms with Gasteiger partial charge in [0.2, 0.25) is 10.0 Å². The third kappa shape index (κ3) is 3.91. The van der Waals surface area contributed by atoms with Gasteiger partial charge in [-0.1, -0.05) is 48.5 Å². The lowest BCUT2D eigenvalue weighted by Gasteiger charge is -2.17. The molecule has 0 saturated carbocycles. The fourth-order valence-corrected chi connectivity index (χ4v) is 3.21. The second-order valence-corrected chi connectivity index (χ2v) is 6.84. The first-order valence-corrected chi connectivity index (χ1v) is 8.10. The molecule has 0 N–H and O–H groups in total. The molecular formula is C16H16N2O2S. The van der Waals surface area contributed by atoms with Gasteiger partial charge in [0, 0.05) is 13.6 Å². The molecule has 2 aromatic rings. The molecule has 5 heteroatoms. The molecule has 108 valence electrons. The molecule has 0 bridgehead atoms. The predicted octanol–water partition coefficient (Wildman–Crippen LogP) is 2.52. The van der Waals surface area contributed by atoms with E-state index >= 15 is 0 Å². The lowest BCUT2D eigenvalue weighted by Crippen LogP contribution is -2.28. The van der Waals surface area contributed by atoms with Gasteiger partial charge in [0.05, 0.1) is 17.4 Å². The van der Waals surface area contributed by atoms with Crippen LogP contribution in [0.4, 0.5) is 0 Å². The summed E-state index contributed by atoms with van der Waals surface area (Å²) in [5.74, 6) is -0.167. The molecular weight excluding hydrogens is 284 g/mol. The minimum Gasteiger partial charge on any atom is -0.212 e. The minimum atomic E-state index is -3.46. The molecule has 0 heterocycles. The molecule has 0 saturated heterocycles. The number of nitrogens with zero attached hydrogens (tertiary/aromatic N) is 2. The molecule has 0 amide bonds. The Hall–Kier alpha value is -2.16. The standard InChI is InChI=1S/C16H16N2O2S/c1-18(12-14-7-3-2-4-8-14)21(19,20)13-16-10-6-5-9-15(16)11-17/h2-10H,12-13H2,1H3. The van der Waals surface area contributed by atoms with Gasteiger partial charge in [-0.2, -0.15) is 5.26 Å². The number of hydrogen-bond acceptors (Lipinski definition) is 3. The van der Waals surface area contributed by atoms with Crippen molar-refractivity contribution in [2.24, 2.45) is 0 Å². The smallest absolute Gasteiger partial charge is 0.212 e. The van der Waals surface area contributed by atoms with Gasteiger partial charge in [-0.05, 0) is 17.2 Å². The zero-order chi connectivity index (χ0) is 15.3. The maximum atomic E-state index is 12.4. The number of benzene rings is 2. The highest BCUT2D eigenvalue weighted by Gasteiger charge is 2.20. The SMILES string of the molecule is CN(Cc1ccccc1)S(=O)(=O)Cc1ccccc1C#N. The lowest BCUT2D eigenvalue weighted by molar-refractivity contribution is 0.466. The van der Waals surface area contributed by atoms with Gasteiger partial charge in [0.25, 0.3) is 0 Å². The van der Waals surface area contributed by atoms with Crippen molar-refractivity contribution in [2.45, 2.75) is 12.3 Å². The van der Waals surface area contributed by atoms with Gasteiger partial charge in [0.15, 0.2) is 0 Å². The molecule has 0 radical (unpaired) electrons. The minimum absolute atomic E-state index is 0.167. The van der Waals surface area contributed by atoms with Crippen LogP contribution in [0.3, 0.4) is 0 Å². The van der Waals surface area contributed by atoms with E-state index in [4.69, 9.17) is 5.26 Å². The Kier molecular flexibility index (Phi) is 4.73. The molecule has 0 aliphatic carbocycles. The van der Waals surface area contributed by atoms with E-state index in [9.17, 15) is 8.42 Å². The van der Waals surface area contributed by atoms with Crippen LogP contribution in [-0.2, 0) is 22.3 Å². The summed E-state index contributed by atoms with van der Waals surface area (Å²) in [6.07, 6.45) is 0. The van der Waals surface area contributed by atoms with Crippen molar-refractivity contribution in [3.63, 3.8) is 0 Å². The summed E-state index contributed by atoms with van der Waals surface area (Å²) in [5, 5.41) is 9.03. The molecule has 0 aliphatic heterocycles. The van der Waals surface area contributed by atoms with Crippen LogP contribution < -0.4 is 0 Å². The van der Waals surface area contributed by atoms with Crippen molar-refractivity contribution < 1.29 is 8.42 Å². The van der Waals surface area contributed by atoms with Crippen molar-refractivity contribution in [2.75, 3.05) is 7.05 Å². The first kappa shape index (κ1) is 15.2. The topological polar surface area (TPSA) is 61.2 Å². The van der Waals surface area contributed by atoms with E-state index in [2.05, 4.69) is 0 Å². The Morgan fingerprint density at radius 2 is 1.67 bits per heavy atom. The third-order valence-corrected chi connectivity index (χ3v) is 4.95. The molecule has 0 aromatic heterocycles. The van der Waals surface area contributed by atoms with Gasteiger partial charge in [-0.15, -0.1) is 0 Å². The van der Waals surface area contributed by atoms with Crippen LogP contribution in [0, 0.1) is 11.3 Å². The van der Waals surface area contributed by atoms with E-state index in [1.165, 1.54) is 4.31 Å². The first-order chi connectivity index (χ1) is 10.0. The van der Waals surface area contributed by atoms with Crippen molar-refractivity contribution in [3.05, 3.63) is 71.3 Å². The summed E-state index contributed by atoms with van der Waals surface area (Å²) in [6, 6.07) is 18.2. The van der Waals surface area contributed by atoms with Gasteiger partial charge in [-0.3, -0.25) is 0 Å². The maximum Gasteiger partial charge on any atom is 0.218 e. The average Bonchev–Trinajstić information content (AvgIpc) is 2.48. The van der Waals surface area contributed by atoms with Gasteiger partial charge < -0.3 is 0 Å². The van der Waals surface area contributed by atoms with E-state index in [1.54, 1.807) is 31.3 Å². The van der Waals surface area contributed by atoms with Gasteiger partial charge in [-0.25, -0.2) is 12.7 Å². The second-order valence-electron chi connectivity index (χ2n) is 4.77. The summed E-state index contributed by atoms with van der Waals surface area (Å²) < 4.78 is 26.1. The molecule has 0 fully saturated rings. The summed E-state index contributed by atoms with van der Waals surface area (Å²) in [4.78, 5) is 0. The number of sulfonamides is 1. The lowest BCUT2D eigenvalue weighted by atomic mass is 10.1. The van der Waals surface area contributed by atoms with Crippen LogP contribution in [0.1, 0.15) is 16.7 Å². The maximum absolute atomic E-state index is 12.4. The molecule has 0 aliphatic rings. The zero-order valence-corrected chi connectivity index (χ0v) is 12.5. The second kappa shape index (κ2) is 6.53. The third-order valence-electron chi connectivity index (χ3n) is 3.20. The normalized spacial score (nSPS) is 11.3. The van der Waals surface area contributed by atoms with Crippen molar-refractivity contribution in [1.82, 2.24) is 4.31 Å². The summed E-state index contributed by atoms with van der Waals surface area (Å²) >= 11 is 0. The van der Waals surface area contributed by atoms with E-state index in [0.29, 0.717) is 17.7 Å². The van der Waals surface area contributed by atoms with E-state index in [0.717, 1.165) is 5.56 Å². The number of rotatable bonds is 5. The van der Waals surface area contributed by atoms with Crippen LogP contribution in [0.15, 0.2) is 54.6 Å². The number of hydrogen-bond donors (Lipinski definition) is 0. The molecule has 0 spiro atoms. The predicted molar refractivity (Wildman–Crippen MR) is 81.7 cm³/mol. The summed E-state index contributed by atoms with van der Waals surface area (Å²) in [7, 11) is -1.91. The number of nitriles is 1. The summed E-state index contributed by atoms with van der Waals surface area (Å²) in [5.41, 5.74) is 1.85. The molecule has 21 heavy (non-hydrogen) atoms. The zero-order valence-electron chi connectivity index (χ0n) is 11.7. The van der Waals surface area contributed by atoms with Gasteiger partial charge in [0.1, 0.15) is 0 Å². The van der Waals surface area contributed by atoms with Crippen molar-refractivity contribution in [1.29, 1.82) is 5.26 Å². The first-order valence-electron chi connectivity index (χ1n) is 6.49. The highest BCUT2D eigenvalue weighted by molar-refractivity contribution is 7.88. The van der Waals surface area contributed by atoms with Crippen molar-refractivity contribution >= 4 is 10.0 Å². The molecule has 2 rings (SSSR count). The fraction of sp³-hybridized carbons (Fsp3) is 0.188. The van der Waals surface area contributed by atoms with E-state index < -0.39 is 10.0 Å². The Morgan fingerprint density at radius 3 is 2.33 bits per heavy atom. The highest BCUT2D eigenvalue weighted by atomic mass is 32.2. The Morgan fingerprint density at radius 1 is 1.05 bits per heavy atom. The molecule has 2 aromatic carbocycles. The Balaban J connectivity index is 2.17. The molecule has 4 nitrogen and oxygen atoms in total. The Labute approximate surface area is 125 Å². The van der Waals surface area contributed by atoms with Crippen LogP contribution in [0.2, 0.25) is 0 Å².